The fraction of sp³-hybridized carbons (Fsp3) is 0.105. The fourth-order valence-corrected chi connectivity index (χ4v) is 2.57. The predicted molar refractivity (Wildman–Crippen MR) is 90.6 cm³/mol. The molecule has 1 aliphatic carbocycles. The lowest BCUT2D eigenvalue weighted by Gasteiger charge is -2.07. The van der Waals surface area contributed by atoms with Gasteiger partial charge >= 0.3 is 0 Å². The van der Waals surface area contributed by atoms with Crippen LogP contribution in [-0.4, -0.2) is 23.2 Å². The molecule has 0 unspecified atom stereocenters. The highest BCUT2D eigenvalue weighted by Gasteiger charge is 2.32. The maximum Gasteiger partial charge on any atom is 0.200 e. The topological polar surface area (TPSA) is 82.7 Å². The molecule has 0 radical (unpaired) electrons. The van der Waals surface area contributed by atoms with Crippen molar-refractivity contribution >= 4 is 22.9 Å². The monoisotopic (exact) mass is 318 g/mol. The quantitative estimate of drug-likeness (QED) is 0.868. The molecular weight excluding hydrogens is 304 g/mol. The number of hydrogen-bond acceptors (Lipinski definition) is 5. The third-order valence-electron chi connectivity index (χ3n) is 3.63. The molecule has 0 fully saturated rings. The highest BCUT2D eigenvalue weighted by Crippen LogP contribution is 2.33. The summed E-state index contributed by atoms with van der Waals surface area (Å²) < 4.78 is 5.48. The molecule has 0 saturated heterocycles. The molecule has 5 nitrogen and oxygen atoms in total. The van der Waals surface area contributed by atoms with E-state index in [9.17, 15) is 15.2 Å². The van der Waals surface area contributed by atoms with Crippen molar-refractivity contribution in [3.8, 4) is 11.8 Å². The van der Waals surface area contributed by atoms with E-state index in [-0.39, 0.29) is 17.0 Å². The van der Waals surface area contributed by atoms with E-state index < -0.39 is 5.78 Å². The van der Waals surface area contributed by atoms with Crippen LogP contribution in [0.2, 0.25) is 0 Å². The molecule has 5 heteroatoms. The Labute approximate surface area is 139 Å². The Morgan fingerprint density at radius 3 is 2.50 bits per heavy atom. The average Bonchev–Trinajstić information content (AvgIpc) is 2.86. The number of para-hydroxylation sites is 2. The number of benzene rings is 2. The van der Waals surface area contributed by atoms with Gasteiger partial charge in [-0.1, -0.05) is 36.4 Å². The van der Waals surface area contributed by atoms with Crippen LogP contribution in [0.1, 0.15) is 22.8 Å². The standard InChI is InChI=1S/C19H14N2O3/c1-2-24-16-10-6-5-9-14(16)21-15(11-20)17-18(22)12-7-3-4-8-13(12)19(17)23/h3-10,22H,2H2,1H3. The van der Waals surface area contributed by atoms with Gasteiger partial charge in [-0.25, -0.2) is 4.99 Å². The molecule has 2 aromatic rings. The minimum Gasteiger partial charge on any atom is -0.506 e. The van der Waals surface area contributed by atoms with Crippen LogP contribution in [0.25, 0.3) is 5.76 Å². The zero-order valence-electron chi connectivity index (χ0n) is 13.0. The second-order valence-electron chi connectivity index (χ2n) is 5.07. The average molecular weight is 318 g/mol. The number of aliphatic hydroxyl groups excluding tert-OH is 1. The van der Waals surface area contributed by atoms with Crippen molar-refractivity contribution in [2.45, 2.75) is 6.92 Å². The summed E-state index contributed by atoms with van der Waals surface area (Å²) in [5.41, 5.74) is 0.996. The van der Waals surface area contributed by atoms with Gasteiger partial charge in [-0.15, -0.1) is 0 Å². The molecule has 3 rings (SSSR count). The Kier molecular flexibility index (Phi) is 4.13. The molecule has 118 valence electrons. The summed E-state index contributed by atoms with van der Waals surface area (Å²) in [6.07, 6.45) is 0. The number of aliphatic hydroxyl groups is 1. The lowest BCUT2D eigenvalue weighted by molar-refractivity contribution is 0.104. The Bertz CT molecular complexity index is 920. The van der Waals surface area contributed by atoms with E-state index in [0.717, 1.165) is 0 Å². The van der Waals surface area contributed by atoms with E-state index in [1.807, 2.05) is 13.0 Å². The molecule has 1 N–H and O–H groups in total. The van der Waals surface area contributed by atoms with Crippen molar-refractivity contribution in [3.05, 3.63) is 65.2 Å². The van der Waals surface area contributed by atoms with Crippen molar-refractivity contribution in [2.24, 2.45) is 4.99 Å². The molecule has 0 aliphatic heterocycles. The molecule has 0 atom stereocenters. The minimum absolute atomic E-state index is 0.0787. The van der Waals surface area contributed by atoms with Crippen LogP contribution in [0, 0.1) is 11.3 Å². The molecule has 0 bridgehead atoms. The highest BCUT2D eigenvalue weighted by atomic mass is 16.5. The van der Waals surface area contributed by atoms with Crippen molar-refractivity contribution in [1.82, 2.24) is 0 Å². The van der Waals surface area contributed by atoms with Crippen molar-refractivity contribution in [3.63, 3.8) is 0 Å². The normalized spacial score (nSPS) is 13.7. The number of allylic oxidation sites excluding steroid dienone is 1. The lowest BCUT2D eigenvalue weighted by Crippen LogP contribution is -2.09. The first-order valence-electron chi connectivity index (χ1n) is 7.45. The SMILES string of the molecule is CCOc1ccccc1N=C(C#N)C1=C(O)c2ccccc2C1=O. The van der Waals surface area contributed by atoms with Gasteiger partial charge in [0.05, 0.1) is 6.61 Å². The van der Waals surface area contributed by atoms with E-state index in [1.54, 1.807) is 48.5 Å². The molecular formula is C19H14N2O3. The van der Waals surface area contributed by atoms with Gasteiger partial charge in [0.1, 0.15) is 28.8 Å². The molecule has 0 saturated carbocycles. The summed E-state index contributed by atoms with van der Waals surface area (Å²) in [6.45, 7) is 2.30. The second-order valence-corrected chi connectivity index (χ2v) is 5.07. The smallest absolute Gasteiger partial charge is 0.200 e. The summed E-state index contributed by atoms with van der Waals surface area (Å²) in [7, 11) is 0. The predicted octanol–water partition coefficient (Wildman–Crippen LogP) is 3.85. The molecule has 2 aromatic carbocycles. The summed E-state index contributed by atoms with van der Waals surface area (Å²) >= 11 is 0. The number of nitriles is 1. The number of ketones is 1. The summed E-state index contributed by atoms with van der Waals surface area (Å²) in [6, 6.07) is 15.6. The molecule has 0 spiro atoms. The number of hydrogen-bond donors (Lipinski definition) is 1. The molecule has 24 heavy (non-hydrogen) atoms. The van der Waals surface area contributed by atoms with Crippen molar-refractivity contribution in [1.29, 1.82) is 5.26 Å². The van der Waals surface area contributed by atoms with Gasteiger partial charge in [-0.3, -0.25) is 4.79 Å². The number of nitrogens with zero attached hydrogens (tertiary/aromatic N) is 2. The number of ether oxygens (including phenoxy) is 1. The minimum atomic E-state index is -0.405. The van der Waals surface area contributed by atoms with Gasteiger partial charge < -0.3 is 9.84 Å². The first kappa shape index (κ1) is 15.5. The number of fused-ring (bicyclic) bond motifs is 1. The van der Waals surface area contributed by atoms with Gasteiger partial charge in [-0.05, 0) is 19.1 Å². The number of rotatable bonds is 4. The Morgan fingerprint density at radius 1 is 1.17 bits per heavy atom. The number of carbonyl (C=O) groups is 1. The summed E-state index contributed by atoms with van der Waals surface area (Å²) in [4.78, 5) is 16.8. The number of Topliss-reactive ketones (excluding diaryl/α,β-unsaturated/α-hetero) is 1. The number of aliphatic imine (C=N–C) groups is 1. The molecule has 0 amide bonds. The number of carbonyl (C=O) groups excluding carboxylic acids is 1. The third-order valence-corrected chi connectivity index (χ3v) is 3.63. The van der Waals surface area contributed by atoms with Crippen LogP contribution in [0.15, 0.2) is 59.1 Å². The van der Waals surface area contributed by atoms with E-state index in [1.165, 1.54) is 0 Å². The third kappa shape index (κ3) is 2.55. The van der Waals surface area contributed by atoms with Crippen LogP contribution in [0.5, 0.6) is 5.75 Å². The fourth-order valence-electron chi connectivity index (χ4n) is 2.57. The second kappa shape index (κ2) is 6.39. The Balaban J connectivity index is 2.10. The van der Waals surface area contributed by atoms with E-state index in [2.05, 4.69) is 4.99 Å². The lowest BCUT2D eigenvalue weighted by atomic mass is 10.1. The van der Waals surface area contributed by atoms with Gasteiger partial charge in [0.15, 0.2) is 11.5 Å². The maximum atomic E-state index is 12.5. The van der Waals surface area contributed by atoms with Gasteiger partial charge in [0, 0.05) is 11.1 Å². The Morgan fingerprint density at radius 2 is 1.83 bits per heavy atom. The van der Waals surface area contributed by atoms with Gasteiger partial charge in [0.2, 0.25) is 0 Å². The first-order valence-corrected chi connectivity index (χ1v) is 7.45. The maximum absolute atomic E-state index is 12.5. The zero-order valence-corrected chi connectivity index (χ0v) is 13.0. The van der Waals surface area contributed by atoms with Gasteiger partial charge in [-0.2, -0.15) is 5.26 Å². The van der Waals surface area contributed by atoms with Crippen molar-refractivity contribution in [2.75, 3.05) is 6.61 Å². The molecule has 1 aliphatic rings. The largest absolute Gasteiger partial charge is 0.506 e. The van der Waals surface area contributed by atoms with Crippen LogP contribution in [0.4, 0.5) is 5.69 Å². The zero-order chi connectivity index (χ0) is 17.1. The van der Waals surface area contributed by atoms with Crippen LogP contribution < -0.4 is 4.74 Å². The van der Waals surface area contributed by atoms with E-state index >= 15 is 0 Å². The van der Waals surface area contributed by atoms with Crippen LogP contribution in [-0.2, 0) is 0 Å². The summed E-state index contributed by atoms with van der Waals surface area (Å²) in [5, 5.41) is 19.8. The van der Waals surface area contributed by atoms with Crippen LogP contribution in [0.3, 0.4) is 0 Å². The van der Waals surface area contributed by atoms with Crippen LogP contribution >= 0.6 is 0 Å². The van der Waals surface area contributed by atoms with Gasteiger partial charge in [0.25, 0.3) is 0 Å². The molecule has 0 aromatic heterocycles. The van der Waals surface area contributed by atoms with E-state index in [4.69, 9.17) is 4.74 Å². The summed E-state index contributed by atoms with van der Waals surface area (Å²) in [5.74, 6) is -0.113. The highest BCUT2D eigenvalue weighted by molar-refractivity contribution is 6.39. The first-order chi connectivity index (χ1) is 11.7. The molecule has 0 heterocycles. The van der Waals surface area contributed by atoms with E-state index in [0.29, 0.717) is 29.2 Å². The van der Waals surface area contributed by atoms with Crippen molar-refractivity contribution < 1.29 is 14.6 Å². The Hall–Kier alpha value is -3.39.